The molecule has 0 fully saturated rings. The van der Waals surface area contributed by atoms with Gasteiger partial charge in [0.2, 0.25) is 0 Å². The molecular weight excluding hydrogens is 268 g/mol. The third kappa shape index (κ3) is 3.12. The first-order valence-electron chi connectivity index (χ1n) is 5.70. The van der Waals surface area contributed by atoms with Gasteiger partial charge in [-0.15, -0.1) is 0 Å². The van der Waals surface area contributed by atoms with E-state index in [0.29, 0.717) is 11.5 Å². The molecule has 0 aliphatic heterocycles. The molecule has 0 atom stereocenters. The van der Waals surface area contributed by atoms with Crippen molar-refractivity contribution in [2.45, 2.75) is 27.4 Å². The zero-order chi connectivity index (χ0) is 14.0. The zero-order valence-electron chi connectivity index (χ0n) is 10.9. The van der Waals surface area contributed by atoms with E-state index < -0.39 is 5.97 Å². The first-order valence-corrected chi connectivity index (χ1v) is 6.08. The van der Waals surface area contributed by atoms with Crippen LogP contribution in [0, 0.1) is 20.8 Å². The topological polar surface area (TPSA) is 65.2 Å². The molecule has 0 N–H and O–H groups in total. The summed E-state index contributed by atoms with van der Waals surface area (Å²) in [4.78, 5) is 16.0. The molecule has 2 heterocycles. The number of carbonyl (C=O) groups excluding carboxylic acids is 1. The van der Waals surface area contributed by atoms with Gasteiger partial charge in [-0.1, -0.05) is 16.8 Å². The summed E-state index contributed by atoms with van der Waals surface area (Å²) in [7, 11) is 0. The van der Waals surface area contributed by atoms with E-state index in [9.17, 15) is 4.79 Å². The first kappa shape index (κ1) is 13.5. The number of aryl methyl sites for hydroxylation is 3. The monoisotopic (exact) mass is 280 g/mol. The Kier molecular flexibility index (Phi) is 3.85. The largest absolute Gasteiger partial charge is 0.455 e. The number of hydrogen-bond acceptors (Lipinski definition) is 5. The highest BCUT2D eigenvalue weighted by atomic mass is 35.5. The molecule has 19 heavy (non-hydrogen) atoms. The van der Waals surface area contributed by atoms with E-state index in [2.05, 4.69) is 10.1 Å². The van der Waals surface area contributed by atoms with Gasteiger partial charge in [-0.2, -0.15) is 0 Å². The van der Waals surface area contributed by atoms with Crippen LogP contribution in [0.4, 0.5) is 0 Å². The number of rotatable bonds is 3. The minimum absolute atomic E-state index is 0.0415. The summed E-state index contributed by atoms with van der Waals surface area (Å²) in [6.07, 6.45) is 0. The molecule has 0 aliphatic rings. The van der Waals surface area contributed by atoms with E-state index in [1.54, 1.807) is 26.0 Å². The first-order chi connectivity index (χ1) is 8.97. The van der Waals surface area contributed by atoms with Crippen LogP contribution >= 0.6 is 11.6 Å². The molecule has 0 saturated heterocycles. The van der Waals surface area contributed by atoms with Gasteiger partial charge in [0.05, 0.1) is 5.56 Å². The van der Waals surface area contributed by atoms with Crippen molar-refractivity contribution in [1.29, 1.82) is 0 Å². The van der Waals surface area contributed by atoms with Gasteiger partial charge in [0.15, 0.2) is 0 Å². The summed E-state index contributed by atoms with van der Waals surface area (Å²) in [6.45, 7) is 5.41. The summed E-state index contributed by atoms with van der Waals surface area (Å²) in [5.74, 6) is 0.146. The smallest absolute Gasteiger partial charge is 0.341 e. The average molecular weight is 281 g/mol. The van der Waals surface area contributed by atoms with Gasteiger partial charge in [-0.3, -0.25) is 0 Å². The number of carbonyl (C=O) groups is 1. The number of pyridine rings is 1. The second-order valence-corrected chi connectivity index (χ2v) is 4.61. The maximum Gasteiger partial charge on any atom is 0.341 e. The van der Waals surface area contributed by atoms with Crippen molar-refractivity contribution in [1.82, 2.24) is 10.1 Å². The highest BCUT2D eigenvalue weighted by Crippen LogP contribution is 2.20. The van der Waals surface area contributed by atoms with E-state index in [-0.39, 0.29) is 17.3 Å². The number of ether oxygens (including phenoxy) is 1. The van der Waals surface area contributed by atoms with Crippen LogP contribution in [-0.2, 0) is 11.3 Å². The SMILES string of the molecule is Cc1cc(C)c(C(=O)OCc2cc(C)on2)c(Cl)n1. The summed E-state index contributed by atoms with van der Waals surface area (Å²) < 4.78 is 10.0. The van der Waals surface area contributed by atoms with Gasteiger partial charge in [-0.25, -0.2) is 9.78 Å². The predicted molar refractivity (Wildman–Crippen MR) is 69.1 cm³/mol. The molecule has 0 saturated carbocycles. The molecule has 0 radical (unpaired) electrons. The van der Waals surface area contributed by atoms with E-state index in [1.807, 2.05) is 6.92 Å². The maximum atomic E-state index is 12.0. The average Bonchev–Trinajstić information content (AvgIpc) is 2.71. The third-order valence-electron chi connectivity index (χ3n) is 2.53. The van der Waals surface area contributed by atoms with Crippen molar-refractivity contribution in [3.63, 3.8) is 0 Å². The molecule has 0 bridgehead atoms. The molecule has 0 spiro atoms. The van der Waals surface area contributed by atoms with Crippen molar-refractivity contribution >= 4 is 17.6 Å². The fourth-order valence-corrected chi connectivity index (χ4v) is 2.09. The molecule has 2 aromatic rings. The van der Waals surface area contributed by atoms with E-state index in [0.717, 1.165) is 11.3 Å². The lowest BCUT2D eigenvalue weighted by Gasteiger charge is -2.08. The summed E-state index contributed by atoms with van der Waals surface area (Å²) >= 11 is 5.97. The van der Waals surface area contributed by atoms with E-state index in [1.165, 1.54) is 0 Å². The normalized spacial score (nSPS) is 10.5. The van der Waals surface area contributed by atoms with Gasteiger partial charge in [0, 0.05) is 11.8 Å². The van der Waals surface area contributed by atoms with Gasteiger partial charge in [0.25, 0.3) is 0 Å². The molecule has 0 aliphatic carbocycles. The van der Waals surface area contributed by atoms with Gasteiger partial charge in [-0.05, 0) is 32.4 Å². The van der Waals surface area contributed by atoms with E-state index >= 15 is 0 Å². The molecule has 0 aromatic carbocycles. The van der Waals surface area contributed by atoms with Crippen LogP contribution in [0.5, 0.6) is 0 Å². The molecule has 2 aromatic heterocycles. The van der Waals surface area contributed by atoms with Crippen molar-refractivity contribution in [2.75, 3.05) is 0 Å². The summed E-state index contributed by atoms with van der Waals surface area (Å²) in [6, 6.07) is 3.48. The molecule has 0 unspecified atom stereocenters. The Morgan fingerprint density at radius 3 is 2.68 bits per heavy atom. The Labute approximate surface area is 115 Å². The van der Waals surface area contributed by atoms with Crippen molar-refractivity contribution in [2.24, 2.45) is 0 Å². The highest BCUT2D eigenvalue weighted by Gasteiger charge is 2.17. The standard InChI is InChI=1S/C13H13ClN2O3/c1-7-4-8(2)15-12(14)11(7)13(17)18-6-10-5-9(3)19-16-10/h4-5H,6H2,1-3H3. The van der Waals surface area contributed by atoms with Crippen LogP contribution in [-0.4, -0.2) is 16.1 Å². The number of esters is 1. The molecular formula is C13H13ClN2O3. The number of nitrogens with zero attached hydrogens (tertiary/aromatic N) is 2. The number of halogens is 1. The zero-order valence-corrected chi connectivity index (χ0v) is 11.6. The molecule has 0 amide bonds. The molecule has 100 valence electrons. The minimum atomic E-state index is -0.518. The Morgan fingerprint density at radius 1 is 1.37 bits per heavy atom. The maximum absolute atomic E-state index is 12.0. The second-order valence-electron chi connectivity index (χ2n) is 4.25. The van der Waals surface area contributed by atoms with Crippen LogP contribution in [0.3, 0.4) is 0 Å². The highest BCUT2D eigenvalue weighted by molar-refractivity contribution is 6.32. The number of hydrogen-bond donors (Lipinski definition) is 0. The number of aromatic nitrogens is 2. The van der Waals surface area contributed by atoms with Gasteiger partial charge < -0.3 is 9.26 Å². The quantitative estimate of drug-likeness (QED) is 0.639. The van der Waals surface area contributed by atoms with E-state index in [4.69, 9.17) is 20.9 Å². The van der Waals surface area contributed by atoms with Crippen molar-refractivity contribution in [3.8, 4) is 0 Å². The lowest BCUT2D eigenvalue weighted by Crippen LogP contribution is -2.09. The van der Waals surface area contributed by atoms with Crippen LogP contribution < -0.4 is 0 Å². The predicted octanol–water partition coefficient (Wildman–Crippen LogP) is 3.01. The Hall–Kier alpha value is -1.88. The van der Waals surface area contributed by atoms with Crippen LogP contribution in [0.15, 0.2) is 16.7 Å². The molecule has 6 heteroatoms. The van der Waals surface area contributed by atoms with Crippen LogP contribution in [0.25, 0.3) is 0 Å². The Morgan fingerprint density at radius 2 is 2.11 bits per heavy atom. The van der Waals surface area contributed by atoms with Crippen LogP contribution in [0.1, 0.15) is 33.1 Å². The third-order valence-corrected chi connectivity index (χ3v) is 2.81. The summed E-state index contributed by atoms with van der Waals surface area (Å²) in [5, 5.41) is 3.89. The fraction of sp³-hybridized carbons (Fsp3) is 0.308. The van der Waals surface area contributed by atoms with Crippen molar-refractivity contribution in [3.05, 3.63) is 45.6 Å². The van der Waals surface area contributed by atoms with Crippen LogP contribution in [0.2, 0.25) is 5.15 Å². The van der Waals surface area contributed by atoms with Gasteiger partial charge >= 0.3 is 5.97 Å². The summed E-state index contributed by atoms with van der Waals surface area (Å²) in [5.41, 5.74) is 2.33. The second kappa shape index (κ2) is 5.40. The Bertz CT molecular complexity index is 599. The lowest BCUT2D eigenvalue weighted by atomic mass is 10.1. The molecule has 5 nitrogen and oxygen atoms in total. The molecule has 2 rings (SSSR count). The van der Waals surface area contributed by atoms with Crippen molar-refractivity contribution < 1.29 is 14.1 Å². The Balaban J connectivity index is 2.12. The van der Waals surface area contributed by atoms with Gasteiger partial charge in [0.1, 0.15) is 23.2 Å². The fourth-order valence-electron chi connectivity index (χ4n) is 1.73. The lowest BCUT2D eigenvalue weighted by molar-refractivity contribution is 0.0463. The minimum Gasteiger partial charge on any atom is -0.455 e.